The zero-order chi connectivity index (χ0) is 9.97. The normalized spacial score (nSPS) is 21.4. The maximum atomic E-state index is 10.1. The van der Waals surface area contributed by atoms with Gasteiger partial charge in [0.15, 0.2) is 0 Å². The van der Waals surface area contributed by atoms with Crippen LogP contribution in [0.15, 0.2) is 24.3 Å². The van der Waals surface area contributed by atoms with Gasteiger partial charge >= 0.3 is 0 Å². The lowest BCUT2D eigenvalue weighted by atomic mass is 10.0. The summed E-state index contributed by atoms with van der Waals surface area (Å²) in [6.45, 7) is 0.297. The molecule has 1 aromatic carbocycles. The molecular formula is C11H12O3. The standard InChI is InChI=1S/C11H12O3/c12-7-14-11(13)10-6-5-8-3-1-2-4-9(8)10/h1-4,7,10-11,13H,5-6H2. The third kappa shape index (κ3) is 1.51. The van der Waals surface area contributed by atoms with E-state index in [-0.39, 0.29) is 5.92 Å². The van der Waals surface area contributed by atoms with Gasteiger partial charge in [0.25, 0.3) is 6.47 Å². The highest BCUT2D eigenvalue weighted by atomic mass is 16.6. The van der Waals surface area contributed by atoms with Crippen LogP contribution in [0.25, 0.3) is 0 Å². The van der Waals surface area contributed by atoms with Crippen LogP contribution in [-0.4, -0.2) is 17.9 Å². The minimum Gasteiger partial charge on any atom is -0.437 e. The summed E-state index contributed by atoms with van der Waals surface area (Å²) in [5, 5.41) is 9.54. The topological polar surface area (TPSA) is 46.5 Å². The van der Waals surface area contributed by atoms with Gasteiger partial charge in [0.2, 0.25) is 6.29 Å². The maximum Gasteiger partial charge on any atom is 0.295 e. The molecule has 0 fully saturated rings. The molecule has 0 heterocycles. The Morgan fingerprint density at radius 2 is 2.29 bits per heavy atom. The van der Waals surface area contributed by atoms with Gasteiger partial charge in [-0.05, 0) is 24.0 Å². The molecule has 0 saturated carbocycles. The van der Waals surface area contributed by atoms with E-state index in [4.69, 9.17) is 0 Å². The van der Waals surface area contributed by atoms with Gasteiger partial charge in [-0.1, -0.05) is 24.3 Å². The number of carbonyl (C=O) groups excluding carboxylic acids is 1. The molecule has 0 aromatic heterocycles. The van der Waals surface area contributed by atoms with Gasteiger partial charge in [0.1, 0.15) is 0 Å². The Hall–Kier alpha value is -1.35. The molecule has 0 radical (unpaired) electrons. The first kappa shape index (κ1) is 9.21. The minimum atomic E-state index is -1.00. The first-order valence-electron chi connectivity index (χ1n) is 4.68. The van der Waals surface area contributed by atoms with E-state index in [1.54, 1.807) is 0 Å². The fraction of sp³-hybridized carbons (Fsp3) is 0.364. The van der Waals surface area contributed by atoms with Crippen LogP contribution < -0.4 is 0 Å². The fourth-order valence-electron chi connectivity index (χ4n) is 2.04. The van der Waals surface area contributed by atoms with Crippen molar-refractivity contribution in [3.63, 3.8) is 0 Å². The Balaban J connectivity index is 2.21. The Morgan fingerprint density at radius 3 is 3.07 bits per heavy atom. The van der Waals surface area contributed by atoms with Gasteiger partial charge in [-0.3, -0.25) is 4.79 Å². The molecule has 1 N–H and O–H groups in total. The number of rotatable bonds is 3. The van der Waals surface area contributed by atoms with Crippen LogP contribution in [0.5, 0.6) is 0 Å². The summed E-state index contributed by atoms with van der Waals surface area (Å²) in [6.07, 6.45) is 0.783. The molecule has 2 atom stereocenters. The van der Waals surface area contributed by atoms with E-state index in [0.29, 0.717) is 6.47 Å². The summed E-state index contributed by atoms with van der Waals surface area (Å²) in [7, 11) is 0. The zero-order valence-electron chi connectivity index (χ0n) is 7.72. The molecule has 74 valence electrons. The Kier molecular flexibility index (Phi) is 2.50. The molecule has 0 aliphatic heterocycles. The third-order valence-electron chi connectivity index (χ3n) is 2.72. The number of aryl methyl sites for hydroxylation is 1. The number of benzene rings is 1. The van der Waals surface area contributed by atoms with Crippen LogP contribution in [0.4, 0.5) is 0 Å². The van der Waals surface area contributed by atoms with Crippen molar-refractivity contribution in [1.82, 2.24) is 0 Å². The van der Waals surface area contributed by atoms with Crippen molar-refractivity contribution in [3.8, 4) is 0 Å². The first-order valence-corrected chi connectivity index (χ1v) is 4.68. The van der Waals surface area contributed by atoms with E-state index in [9.17, 15) is 9.90 Å². The average Bonchev–Trinajstić information content (AvgIpc) is 2.61. The minimum absolute atomic E-state index is 0.0589. The lowest BCUT2D eigenvalue weighted by Crippen LogP contribution is -2.19. The van der Waals surface area contributed by atoms with Gasteiger partial charge in [-0.25, -0.2) is 0 Å². The Morgan fingerprint density at radius 1 is 1.50 bits per heavy atom. The number of carbonyl (C=O) groups is 1. The summed E-state index contributed by atoms with van der Waals surface area (Å²) in [6, 6.07) is 7.94. The summed E-state index contributed by atoms with van der Waals surface area (Å²) in [5.74, 6) is -0.0589. The number of fused-ring (bicyclic) bond motifs is 1. The summed E-state index contributed by atoms with van der Waals surface area (Å²) in [4.78, 5) is 10.1. The van der Waals surface area contributed by atoms with Crippen molar-refractivity contribution < 1.29 is 14.6 Å². The largest absolute Gasteiger partial charge is 0.437 e. The summed E-state index contributed by atoms with van der Waals surface area (Å²) >= 11 is 0. The van der Waals surface area contributed by atoms with Crippen LogP contribution >= 0.6 is 0 Å². The van der Waals surface area contributed by atoms with Gasteiger partial charge in [0, 0.05) is 5.92 Å². The molecule has 3 heteroatoms. The van der Waals surface area contributed by atoms with Crippen LogP contribution in [-0.2, 0) is 16.0 Å². The predicted molar refractivity (Wildman–Crippen MR) is 50.7 cm³/mol. The van der Waals surface area contributed by atoms with Gasteiger partial charge < -0.3 is 9.84 Å². The monoisotopic (exact) mass is 192 g/mol. The maximum absolute atomic E-state index is 10.1. The lowest BCUT2D eigenvalue weighted by molar-refractivity contribution is -0.155. The number of hydrogen-bond acceptors (Lipinski definition) is 3. The Bertz CT molecular complexity index is 335. The van der Waals surface area contributed by atoms with Gasteiger partial charge in [-0.15, -0.1) is 0 Å². The number of aliphatic hydroxyl groups excluding tert-OH is 1. The zero-order valence-corrected chi connectivity index (χ0v) is 7.72. The van der Waals surface area contributed by atoms with E-state index in [1.165, 1.54) is 5.56 Å². The highest BCUT2D eigenvalue weighted by Gasteiger charge is 2.29. The molecule has 1 aliphatic carbocycles. The lowest BCUT2D eigenvalue weighted by Gasteiger charge is -2.16. The first-order chi connectivity index (χ1) is 6.83. The van der Waals surface area contributed by atoms with Crippen molar-refractivity contribution >= 4 is 6.47 Å². The fourth-order valence-corrected chi connectivity index (χ4v) is 2.04. The number of hydrogen-bond donors (Lipinski definition) is 1. The number of aliphatic hydroxyl groups is 1. The molecule has 0 saturated heterocycles. The van der Waals surface area contributed by atoms with E-state index < -0.39 is 6.29 Å². The molecule has 0 amide bonds. The second kappa shape index (κ2) is 3.80. The summed E-state index contributed by atoms with van der Waals surface area (Å²) in [5.41, 5.74) is 2.34. The third-order valence-corrected chi connectivity index (χ3v) is 2.72. The molecule has 3 nitrogen and oxygen atoms in total. The SMILES string of the molecule is O=COC(O)C1CCc2ccccc21. The van der Waals surface area contributed by atoms with Crippen LogP contribution in [0, 0.1) is 0 Å². The molecule has 1 aliphatic rings. The van der Waals surface area contributed by atoms with Gasteiger partial charge in [0.05, 0.1) is 0 Å². The highest BCUT2D eigenvalue weighted by Crippen LogP contribution is 2.35. The average molecular weight is 192 g/mol. The van der Waals surface area contributed by atoms with Crippen LogP contribution in [0.1, 0.15) is 23.5 Å². The van der Waals surface area contributed by atoms with Crippen molar-refractivity contribution in [3.05, 3.63) is 35.4 Å². The van der Waals surface area contributed by atoms with Crippen molar-refractivity contribution in [2.24, 2.45) is 0 Å². The van der Waals surface area contributed by atoms with Crippen LogP contribution in [0.2, 0.25) is 0 Å². The van der Waals surface area contributed by atoms with E-state index in [1.807, 2.05) is 24.3 Å². The second-order valence-electron chi connectivity index (χ2n) is 3.47. The van der Waals surface area contributed by atoms with Crippen LogP contribution in [0.3, 0.4) is 0 Å². The molecule has 0 spiro atoms. The number of ether oxygens (including phenoxy) is 1. The predicted octanol–water partition coefficient (Wildman–Crippen LogP) is 1.21. The molecule has 14 heavy (non-hydrogen) atoms. The second-order valence-corrected chi connectivity index (χ2v) is 3.47. The molecule has 2 rings (SSSR count). The smallest absolute Gasteiger partial charge is 0.295 e. The highest BCUT2D eigenvalue weighted by molar-refractivity contribution is 5.39. The van der Waals surface area contributed by atoms with Crippen molar-refractivity contribution in [2.45, 2.75) is 25.0 Å². The van der Waals surface area contributed by atoms with E-state index >= 15 is 0 Å². The van der Waals surface area contributed by atoms with E-state index in [0.717, 1.165) is 18.4 Å². The quantitative estimate of drug-likeness (QED) is 0.578. The molecular weight excluding hydrogens is 180 g/mol. The molecule has 2 unspecified atom stereocenters. The molecule has 0 bridgehead atoms. The molecule has 1 aromatic rings. The van der Waals surface area contributed by atoms with Gasteiger partial charge in [-0.2, -0.15) is 0 Å². The van der Waals surface area contributed by atoms with Crippen molar-refractivity contribution in [2.75, 3.05) is 0 Å². The summed E-state index contributed by atoms with van der Waals surface area (Å²) < 4.78 is 4.56. The van der Waals surface area contributed by atoms with E-state index in [2.05, 4.69) is 4.74 Å². The Labute approximate surface area is 82.3 Å². The van der Waals surface area contributed by atoms with Crippen molar-refractivity contribution in [1.29, 1.82) is 0 Å².